The standard InChI is InChI=1S/C20H28N2O7S/c1-14-4-5-17(10-18(14)30(25,26)22-6-8-27-9-7-22)20(24)28-13-19(23)21-11-15(2)29-16(3)12-21/h4-5,10,15-16H,6-9,11-13H2,1-3H3. The van der Waals surface area contributed by atoms with Crippen molar-refractivity contribution in [3.05, 3.63) is 29.3 Å². The molecule has 0 N–H and O–H groups in total. The van der Waals surface area contributed by atoms with Crippen LogP contribution in [0.25, 0.3) is 0 Å². The summed E-state index contributed by atoms with van der Waals surface area (Å²) in [6.45, 7) is 7.10. The average molecular weight is 441 g/mol. The van der Waals surface area contributed by atoms with Crippen LogP contribution in [0.2, 0.25) is 0 Å². The molecule has 10 heteroatoms. The molecule has 30 heavy (non-hydrogen) atoms. The van der Waals surface area contributed by atoms with E-state index in [1.165, 1.54) is 16.4 Å². The van der Waals surface area contributed by atoms with E-state index < -0.39 is 22.6 Å². The van der Waals surface area contributed by atoms with Gasteiger partial charge in [0.05, 0.1) is 35.9 Å². The van der Waals surface area contributed by atoms with E-state index in [2.05, 4.69) is 0 Å². The second-order valence-electron chi connectivity index (χ2n) is 7.63. The molecule has 2 aliphatic heterocycles. The number of carbonyl (C=O) groups is 2. The van der Waals surface area contributed by atoms with Gasteiger partial charge < -0.3 is 19.1 Å². The maximum absolute atomic E-state index is 13.0. The minimum Gasteiger partial charge on any atom is -0.452 e. The van der Waals surface area contributed by atoms with Gasteiger partial charge in [0.25, 0.3) is 5.91 Å². The lowest BCUT2D eigenvalue weighted by Crippen LogP contribution is -2.49. The lowest BCUT2D eigenvalue weighted by Gasteiger charge is -2.35. The first-order valence-electron chi connectivity index (χ1n) is 9.97. The summed E-state index contributed by atoms with van der Waals surface area (Å²) >= 11 is 0. The van der Waals surface area contributed by atoms with Crippen LogP contribution in [-0.2, 0) is 29.0 Å². The van der Waals surface area contributed by atoms with E-state index in [0.29, 0.717) is 31.9 Å². The number of esters is 1. The number of morpholine rings is 2. The molecular formula is C20H28N2O7S. The highest BCUT2D eigenvalue weighted by atomic mass is 32.2. The van der Waals surface area contributed by atoms with Gasteiger partial charge in [-0.05, 0) is 38.5 Å². The molecule has 2 fully saturated rings. The van der Waals surface area contributed by atoms with Gasteiger partial charge in [-0.3, -0.25) is 4.79 Å². The third-order valence-electron chi connectivity index (χ3n) is 5.11. The molecule has 0 aromatic heterocycles. The summed E-state index contributed by atoms with van der Waals surface area (Å²) < 4.78 is 43.3. The third-order valence-corrected chi connectivity index (χ3v) is 7.15. The van der Waals surface area contributed by atoms with Crippen LogP contribution < -0.4 is 0 Å². The molecule has 2 saturated heterocycles. The Kier molecular flexibility index (Phi) is 7.12. The minimum absolute atomic E-state index is 0.0565. The number of benzene rings is 1. The van der Waals surface area contributed by atoms with Crippen LogP contribution in [0.3, 0.4) is 0 Å². The fraction of sp³-hybridized carbons (Fsp3) is 0.600. The number of amides is 1. The molecule has 0 aliphatic carbocycles. The van der Waals surface area contributed by atoms with Crippen molar-refractivity contribution in [1.82, 2.24) is 9.21 Å². The molecule has 3 rings (SSSR count). The largest absolute Gasteiger partial charge is 0.452 e. The second-order valence-corrected chi connectivity index (χ2v) is 9.54. The number of nitrogens with zero attached hydrogens (tertiary/aromatic N) is 2. The molecule has 1 aromatic carbocycles. The van der Waals surface area contributed by atoms with Crippen LogP contribution in [-0.4, -0.2) is 87.7 Å². The minimum atomic E-state index is -3.75. The molecule has 0 bridgehead atoms. The van der Waals surface area contributed by atoms with Gasteiger partial charge in [0.15, 0.2) is 6.61 Å². The number of aryl methyl sites for hydroxylation is 1. The first kappa shape index (κ1) is 22.7. The van der Waals surface area contributed by atoms with Crippen molar-refractivity contribution in [2.24, 2.45) is 0 Å². The van der Waals surface area contributed by atoms with Gasteiger partial charge in [0, 0.05) is 26.2 Å². The number of hydrogen-bond donors (Lipinski definition) is 0. The van der Waals surface area contributed by atoms with Crippen molar-refractivity contribution in [3.63, 3.8) is 0 Å². The van der Waals surface area contributed by atoms with Gasteiger partial charge in [-0.2, -0.15) is 4.31 Å². The Labute approximate surface area is 176 Å². The zero-order chi connectivity index (χ0) is 21.9. The van der Waals surface area contributed by atoms with E-state index in [1.54, 1.807) is 17.9 Å². The Morgan fingerprint density at radius 2 is 1.77 bits per heavy atom. The quantitative estimate of drug-likeness (QED) is 0.624. The molecule has 0 radical (unpaired) electrons. The van der Waals surface area contributed by atoms with Gasteiger partial charge in [-0.25, -0.2) is 13.2 Å². The van der Waals surface area contributed by atoms with Crippen LogP contribution in [0.15, 0.2) is 23.1 Å². The van der Waals surface area contributed by atoms with Crippen molar-refractivity contribution in [2.45, 2.75) is 37.9 Å². The van der Waals surface area contributed by atoms with E-state index in [0.717, 1.165) is 0 Å². The normalized spacial score (nSPS) is 23.2. The van der Waals surface area contributed by atoms with Crippen molar-refractivity contribution in [3.8, 4) is 0 Å². The first-order valence-corrected chi connectivity index (χ1v) is 11.4. The zero-order valence-electron chi connectivity index (χ0n) is 17.5. The number of sulfonamides is 1. The van der Waals surface area contributed by atoms with Crippen LogP contribution in [0.5, 0.6) is 0 Å². The fourth-order valence-corrected chi connectivity index (χ4v) is 5.27. The van der Waals surface area contributed by atoms with Gasteiger partial charge >= 0.3 is 5.97 Å². The molecule has 166 valence electrons. The smallest absolute Gasteiger partial charge is 0.338 e. The Hall–Kier alpha value is -2.01. The van der Waals surface area contributed by atoms with Gasteiger partial charge in [0.1, 0.15) is 0 Å². The lowest BCUT2D eigenvalue weighted by molar-refractivity contribution is -0.146. The molecule has 0 spiro atoms. The van der Waals surface area contributed by atoms with Gasteiger partial charge in [0.2, 0.25) is 10.0 Å². The first-order chi connectivity index (χ1) is 14.2. The van der Waals surface area contributed by atoms with Crippen molar-refractivity contribution < 1.29 is 32.2 Å². The Morgan fingerprint density at radius 3 is 2.40 bits per heavy atom. The molecule has 2 unspecified atom stereocenters. The van der Waals surface area contributed by atoms with E-state index in [9.17, 15) is 18.0 Å². The second kappa shape index (κ2) is 9.42. The molecule has 1 amide bonds. The van der Waals surface area contributed by atoms with Crippen molar-refractivity contribution in [1.29, 1.82) is 0 Å². The molecule has 9 nitrogen and oxygen atoms in total. The summed E-state index contributed by atoms with van der Waals surface area (Å²) in [6.07, 6.45) is -0.170. The number of ether oxygens (including phenoxy) is 3. The molecule has 2 atom stereocenters. The van der Waals surface area contributed by atoms with Gasteiger partial charge in [-0.15, -0.1) is 0 Å². The maximum atomic E-state index is 13.0. The van der Waals surface area contributed by atoms with Crippen molar-refractivity contribution in [2.75, 3.05) is 46.0 Å². The molecule has 1 aromatic rings. The SMILES string of the molecule is Cc1ccc(C(=O)OCC(=O)N2CC(C)OC(C)C2)cc1S(=O)(=O)N1CCOCC1. The van der Waals surface area contributed by atoms with Gasteiger partial charge in [-0.1, -0.05) is 6.07 Å². The Balaban J connectivity index is 1.68. The monoisotopic (exact) mass is 440 g/mol. The highest BCUT2D eigenvalue weighted by Crippen LogP contribution is 2.23. The topological polar surface area (TPSA) is 102 Å². The van der Waals surface area contributed by atoms with E-state index in [1.807, 2.05) is 13.8 Å². The summed E-state index contributed by atoms with van der Waals surface area (Å²) in [5.74, 6) is -1.05. The maximum Gasteiger partial charge on any atom is 0.338 e. The van der Waals surface area contributed by atoms with E-state index >= 15 is 0 Å². The number of carbonyl (C=O) groups excluding carboxylic acids is 2. The summed E-state index contributed by atoms with van der Waals surface area (Å²) in [5.41, 5.74) is 0.620. The highest BCUT2D eigenvalue weighted by molar-refractivity contribution is 7.89. The van der Waals surface area contributed by atoms with E-state index in [4.69, 9.17) is 14.2 Å². The van der Waals surface area contributed by atoms with Crippen LogP contribution in [0, 0.1) is 6.92 Å². The van der Waals surface area contributed by atoms with Crippen LogP contribution in [0.1, 0.15) is 29.8 Å². The summed E-state index contributed by atoms with van der Waals surface area (Å²) in [5, 5.41) is 0. The van der Waals surface area contributed by atoms with Crippen molar-refractivity contribution >= 4 is 21.9 Å². The lowest BCUT2D eigenvalue weighted by atomic mass is 10.1. The van der Waals surface area contributed by atoms with Crippen LogP contribution >= 0.6 is 0 Å². The Morgan fingerprint density at radius 1 is 1.13 bits per heavy atom. The summed E-state index contributed by atoms with van der Waals surface area (Å²) in [7, 11) is -3.75. The zero-order valence-corrected chi connectivity index (χ0v) is 18.3. The summed E-state index contributed by atoms with van der Waals surface area (Å²) in [6, 6.07) is 4.38. The van der Waals surface area contributed by atoms with Crippen LogP contribution in [0.4, 0.5) is 0 Å². The summed E-state index contributed by atoms with van der Waals surface area (Å²) in [4.78, 5) is 26.5. The highest BCUT2D eigenvalue weighted by Gasteiger charge is 2.29. The third kappa shape index (κ3) is 5.18. The Bertz CT molecular complexity index is 886. The molecular weight excluding hydrogens is 412 g/mol. The fourth-order valence-electron chi connectivity index (χ4n) is 3.61. The average Bonchev–Trinajstić information content (AvgIpc) is 2.71. The molecule has 0 saturated carbocycles. The molecule has 2 aliphatic rings. The van der Waals surface area contributed by atoms with E-state index in [-0.39, 0.29) is 41.7 Å². The number of rotatable bonds is 5. The number of hydrogen-bond acceptors (Lipinski definition) is 7. The molecule has 2 heterocycles. The predicted octanol–water partition coefficient (Wildman–Crippen LogP) is 0.809. The predicted molar refractivity (Wildman–Crippen MR) is 108 cm³/mol.